The van der Waals surface area contributed by atoms with Crippen LogP contribution in [0.3, 0.4) is 0 Å². The summed E-state index contributed by atoms with van der Waals surface area (Å²) in [6, 6.07) is 5.58. The highest BCUT2D eigenvalue weighted by molar-refractivity contribution is 5.68. The molecule has 1 unspecified atom stereocenters. The van der Waals surface area contributed by atoms with E-state index in [9.17, 15) is 4.79 Å². The molecule has 1 amide bonds. The lowest BCUT2D eigenvalue weighted by molar-refractivity contribution is 0.0221. The number of aliphatic hydroxyl groups excluding tert-OH is 1. The Hall–Kier alpha value is -1.95. The predicted molar refractivity (Wildman–Crippen MR) is 64.9 cm³/mol. The zero-order valence-corrected chi connectivity index (χ0v) is 10.4. The molecule has 1 saturated heterocycles. The first-order valence-electron chi connectivity index (χ1n) is 6.17. The third kappa shape index (κ3) is 2.44. The Kier molecular flexibility index (Phi) is 3.16. The summed E-state index contributed by atoms with van der Waals surface area (Å²) >= 11 is 0. The molecule has 0 saturated carbocycles. The molecule has 2 heterocycles. The van der Waals surface area contributed by atoms with Crippen LogP contribution < -0.4 is 9.47 Å². The Bertz CT molecular complexity index is 490. The van der Waals surface area contributed by atoms with Crippen molar-refractivity contribution in [3.05, 3.63) is 23.8 Å². The van der Waals surface area contributed by atoms with Crippen molar-refractivity contribution in [3.8, 4) is 11.5 Å². The second kappa shape index (κ2) is 4.97. The molecule has 2 aliphatic rings. The van der Waals surface area contributed by atoms with Crippen LogP contribution in [0, 0.1) is 5.92 Å². The molecule has 0 bridgehead atoms. The van der Waals surface area contributed by atoms with Gasteiger partial charge in [0, 0.05) is 19.0 Å². The minimum atomic E-state index is -0.345. The number of nitrogens with zero attached hydrogens (tertiary/aromatic N) is 1. The van der Waals surface area contributed by atoms with Gasteiger partial charge in [0.25, 0.3) is 0 Å². The average Bonchev–Trinajstić information content (AvgIpc) is 2.89. The lowest BCUT2D eigenvalue weighted by atomic mass is 10.1. The molecule has 0 aliphatic carbocycles. The molecular weight excluding hydrogens is 250 g/mol. The fraction of sp³-hybridized carbons (Fsp3) is 0.462. The van der Waals surface area contributed by atoms with E-state index < -0.39 is 0 Å². The molecule has 6 heteroatoms. The monoisotopic (exact) mass is 265 g/mol. The lowest BCUT2D eigenvalue weighted by Crippen LogP contribution is -2.43. The first kappa shape index (κ1) is 12.1. The SMILES string of the molecule is O=C1OCC(CO)CN1Cc1ccc2c(c1)OCO2. The van der Waals surface area contributed by atoms with Crippen LogP contribution in [0.25, 0.3) is 0 Å². The Morgan fingerprint density at radius 2 is 2.11 bits per heavy atom. The van der Waals surface area contributed by atoms with Crippen molar-refractivity contribution in [2.75, 3.05) is 26.6 Å². The van der Waals surface area contributed by atoms with Crippen molar-refractivity contribution in [2.24, 2.45) is 5.92 Å². The van der Waals surface area contributed by atoms with Gasteiger partial charge >= 0.3 is 6.09 Å². The highest BCUT2D eigenvalue weighted by Crippen LogP contribution is 2.33. The quantitative estimate of drug-likeness (QED) is 0.882. The number of carbonyl (C=O) groups excluding carboxylic acids is 1. The molecule has 1 aromatic rings. The molecule has 2 aliphatic heterocycles. The molecule has 1 atom stereocenters. The Morgan fingerprint density at radius 1 is 1.26 bits per heavy atom. The summed E-state index contributed by atoms with van der Waals surface area (Å²) in [6.07, 6.45) is -0.345. The van der Waals surface area contributed by atoms with Crippen LogP contribution in [-0.4, -0.2) is 42.7 Å². The van der Waals surface area contributed by atoms with Gasteiger partial charge in [0.05, 0.1) is 13.2 Å². The summed E-state index contributed by atoms with van der Waals surface area (Å²) in [5.74, 6) is 1.39. The van der Waals surface area contributed by atoms with Crippen LogP contribution in [0.5, 0.6) is 11.5 Å². The van der Waals surface area contributed by atoms with Crippen LogP contribution in [-0.2, 0) is 11.3 Å². The minimum absolute atomic E-state index is 0.0188. The van der Waals surface area contributed by atoms with E-state index in [1.165, 1.54) is 0 Å². The van der Waals surface area contributed by atoms with Gasteiger partial charge in [0.1, 0.15) is 0 Å². The molecule has 102 valence electrons. The number of aliphatic hydroxyl groups is 1. The Morgan fingerprint density at radius 3 is 2.95 bits per heavy atom. The number of rotatable bonds is 3. The predicted octanol–water partition coefficient (Wildman–Crippen LogP) is 0.976. The van der Waals surface area contributed by atoms with E-state index >= 15 is 0 Å². The zero-order valence-electron chi connectivity index (χ0n) is 10.4. The van der Waals surface area contributed by atoms with E-state index in [0.717, 1.165) is 11.3 Å². The maximum absolute atomic E-state index is 11.7. The number of benzene rings is 1. The van der Waals surface area contributed by atoms with Crippen molar-refractivity contribution in [3.63, 3.8) is 0 Å². The fourth-order valence-corrected chi connectivity index (χ4v) is 2.22. The summed E-state index contributed by atoms with van der Waals surface area (Å²) in [5.41, 5.74) is 0.944. The number of cyclic esters (lactones) is 1. The molecule has 0 aromatic heterocycles. The second-order valence-electron chi connectivity index (χ2n) is 4.69. The van der Waals surface area contributed by atoms with Gasteiger partial charge < -0.3 is 24.2 Å². The molecular formula is C13H15NO5. The largest absolute Gasteiger partial charge is 0.454 e. The molecule has 19 heavy (non-hydrogen) atoms. The van der Waals surface area contributed by atoms with Crippen LogP contribution in [0.4, 0.5) is 4.79 Å². The van der Waals surface area contributed by atoms with E-state index in [4.69, 9.17) is 19.3 Å². The first-order valence-corrected chi connectivity index (χ1v) is 6.17. The van der Waals surface area contributed by atoms with Gasteiger partial charge in [-0.2, -0.15) is 0 Å². The summed E-state index contributed by atoms with van der Waals surface area (Å²) in [4.78, 5) is 13.2. The van der Waals surface area contributed by atoms with Crippen molar-refractivity contribution < 1.29 is 24.1 Å². The van der Waals surface area contributed by atoms with E-state index in [1.54, 1.807) is 4.90 Å². The van der Waals surface area contributed by atoms with Crippen molar-refractivity contribution in [1.29, 1.82) is 0 Å². The van der Waals surface area contributed by atoms with Gasteiger partial charge in [-0.3, -0.25) is 0 Å². The average molecular weight is 265 g/mol. The summed E-state index contributed by atoms with van der Waals surface area (Å²) in [7, 11) is 0. The van der Waals surface area contributed by atoms with E-state index in [1.807, 2.05) is 18.2 Å². The molecule has 1 aromatic carbocycles. The zero-order chi connectivity index (χ0) is 13.2. The Labute approximate surface area is 110 Å². The van der Waals surface area contributed by atoms with Crippen LogP contribution >= 0.6 is 0 Å². The summed E-state index contributed by atoms with van der Waals surface area (Å²) in [6.45, 7) is 1.48. The molecule has 6 nitrogen and oxygen atoms in total. The third-order valence-electron chi connectivity index (χ3n) is 3.25. The fourth-order valence-electron chi connectivity index (χ4n) is 2.22. The minimum Gasteiger partial charge on any atom is -0.454 e. The third-order valence-corrected chi connectivity index (χ3v) is 3.25. The lowest BCUT2D eigenvalue weighted by Gasteiger charge is -2.31. The molecule has 3 rings (SSSR count). The molecule has 0 spiro atoms. The van der Waals surface area contributed by atoms with E-state index in [0.29, 0.717) is 18.8 Å². The highest BCUT2D eigenvalue weighted by atomic mass is 16.7. The van der Waals surface area contributed by atoms with E-state index in [2.05, 4.69) is 0 Å². The number of carbonyl (C=O) groups is 1. The van der Waals surface area contributed by atoms with Gasteiger partial charge in [-0.15, -0.1) is 0 Å². The standard InChI is InChI=1S/C13H15NO5/c15-6-10-5-14(13(16)17-7-10)4-9-1-2-11-12(3-9)19-8-18-11/h1-3,10,15H,4-8H2. The molecule has 0 radical (unpaired) electrons. The second-order valence-corrected chi connectivity index (χ2v) is 4.69. The van der Waals surface area contributed by atoms with Crippen molar-refractivity contribution >= 4 is 6.09 Å². The van der Waals surface area contributed by atoms with E-state index in [-0.39, 0.29) is 32.0 Å². The summed E-state index contributed by atoms with van der Waals surface area (Å²) in [5, 5.41) is 9.13. The first-order chi connectivity index (χ1) is 9.26. The Balaban J connectivity index is 1.71. The number of hydrogen-bond donors (Lipinski definition) is 1. The van der Waals surface area contributed by atoms with Crippen LogP contribution in [0.1, 0.15) is 5.56 Å². The smallest absolute Gasteiger partial charge is 0.410 e. The molecule has 1 fully saturated rings. The number of ether oxygens (including phenoxy) is 3. The van der Waals surface area contributed by atoms with Crippen molar-refractivity contribution in [2.45, 2.75) is 6.54 Å². The maximum Gasteiger partial charge on any atom is 0.410 e. The van der Waals surface area contributed by atoms with Crippen molar-refractivity contribution in [1.82, 2.24) is 4.90 Å². The molecule has 1 N–H and O–H groups in total. The number of fused-ring (bicyclic) bond motifs is 1. The topological polar surface area (TPSA) is 68.2 Å². The number of amides is 1. The van der Waals surface area contributed by atoms with Crippen LogP contribution in [0.2, 0.25) is 0 Å². The van der Waals surface area contributed by atoms with Gasteiger partial charge in [-0.25, -0.2) is 4.79 Å². The van der Waals surface area contributed by atoms with Gasteiger partial charge in [0.2, 0.25) is 6.79 Å². The number of hydrogen-bond acceptors (Lipinski definition) is 5. The van der Waals surface area contributed by atoms with Gasteiger partial charge in [0.15, 0.2) is 11.5 Å². The van der Waals surface area contributed by atoms with Gasteiger partial charge in [-0.05, 0) is 17.7 Å². The normalized spacial score (nSPS) is 21.4. The highest BCUT2D eigenvalue weighted by Gasteiger charge is 2.27. The van der Waals surface area contributed by atoms with Crippen LogP contribution in [0.15, 0.2) is 18.2 Å². The maximum atomic E-state index is 11.7. The summed E-state index contributed by atoms with van der Waals surface area (Å²) < 4.78 is 15.6. The van der Waals surface area contributed by atoms with Gasteiger partial charge in [-0.1, -0.05) is 6.07 Å².